The van der Waals surface area contributed by atoms with Gasteiger partial charge in [-0.1, -0.05) is 0 Å². The third kappa shape index (κ3) is 2.52. The van der Waals surface area contributed by atoms with Gasteiger partial charge in [0.1, 0.15) is 5.65 Å². The summed E-state index contributed by atoms with van der Waals surface area (Å²) in [6.45, 7) is 10.3. The molecule has 0 radical (unpaired) electrons. The summed E-state index contributed by atoms with van der Waals surface area (Å²) in [7, 11) is 1.25. The molecular weight excluding hydrogens is 398 g/mol. The van der Waals surface area contributed by atoms with Crippen molar-refractivity contribution >= 4 is 53.9 Å². The molecule has 0 aliphatic carbocycles. The molecule has 0 spiro atoms. The van der Waals surface area contributed by atoms with Gasteiger partial charge < -0.3 is 9.31 Å². The maximum atomic E-state index is 6.19. The van der Waals surface area contributed by atoms with Crippen molar-refractivity contribution in [3.8, 4) is 0 Å². The highest BCUT2D eigenvalue weighted by Crippen LogP contribution is 2.37. The SMILES string of the molecule is Cc1cc(B2OC(C)(C)C(C)(C)O2)c2ccn(SI)c2n1. The summed E-state index contributed by atoms with van der Waals surface area (Å²) in [6, 6.07) is 4.14. The predicted octanol–water partition coefficient (Wildman–Crippen LogP) is 3.49. The molecule has 2 aromatic heterocycles. The van der Waals surface area contributed by atoms with Gasteiger partial charge in [0.2, 0.25) is 0 Å². The van der Waals surface area contributed by atoms with Crippen molar-refractivity contribution in [2.24, 2.45) is 0 Å². The van der Waals surface area contributed by atoms with Gasteiger partial charge >= 0.3 is 7.12 Å². The second-order valence-electron chi connectivity index (χ2n) is 6.39. The number of halogens is 1. The van der Waals surface area contributed by atoms with E-state index in [1.165, 1.54) is 0 Å². The monoisotopic (exact) mass is 416 g/mol. The Morgan fingerprint density at radius 1 is 1.24 bits per heavy atom. The number of aryl methyl sites for hydroxylation is 1. The Balaban J connectivity index is 2.12. The summed E-state index contributed by atoms with van der Waals surface area (Å²) in [5.41, 5.74) is 2.32. The molecule has 2 aromatic rings. The van der Waals surface area contributed by atoms with Crippen molar-refractivity contribution in [2.75, 3.05) is 0 Å². The second-order valence-corrected chi connectivity index (χ2v) is 8.10. The second kappa shape index (κ2) is 5.14. The van der Waals surface area contributed by atoms with Crippen LogP contribution in [-0.4, -0.2) is 27.3 Å². The fraction of sp³-hybridized carbons (Fsp3) is 0.500. The lowest BCUT2D eigenvalue weighted by atomic mass is 9.77. The van der Waals surface area contributed by atoms with Crippen LogP contribution in [0.25, 0.3) is 11.0 Å². The van der Waals surface area contributed by atoms with Crippen LogP contribution in [0.15, 0.2) is 18.3 Å². The molecular formula is C14H18BIN2O2S. The Hall–Kier alpha value is -0.245. The van der Waals surface area contributed by atoms with E-state index in [1.807, 2.05) is 13.1 Å². The summed E-state index contributed by atoms with van der Waals surface area (Å²) in [5.74, 6) is 0. The number of aromatic nitrogens is 2. The Morgan fingerprint density at radius 3 is 2.43 bits per heavy atom. The molecule has 0 atom stereocenters. The van der Waals surface area contributed by atoms with Crippen molar-refractivity contribution in [3.05, 3.63) is 24.0 Å². The van der Waals surface area contributed by atoms with Crippen LogP contribution in [0, 0.1) is 6.92 Å². The van der Waals surface area contributed by atoms with Crippen LogP contribution in [0.3, 0.4) is 0 Å². The fourth-order valence-corrected chi connectivity index (χ4v) is 3.73. The van der Waals surface area contributed by atoms with E-state index in [2.05, 4.69) is 70.0 Å². The zero-order valence-electron chi connectivity index (χ0n) is 12.8. The maximum absolute atomic E-state index is 6.19. The molecule has 0 bridgehead atoms. The average molecular weight is 416 g/mol. The fourth-order valence-electron chi connectivity index (χ4n) is 2.46. The van der Waals surface area contributed by atoms with Crippen LogP contribution in [0.5, 0.6) is 0 Å². The first kappa shape index (κ1) is 15.6. The Labute approximate surface area is 141 Å². The van der Waals surface area contributed by atoms with Gasteiger partial charge in [-0.15, -0.1) is 0 Å². The summed E-state index contributed by atoms with van der Waals surface area (Å²) in [5, 5.41) is 1.09. The van der Waals surface area contributed by atoms with Gasteiger partial charge in [0, 0.05) is 47.6 Å². The van der Waals surface area contributed by atoms with Crippen molar-refractivity contribution in [1.29, 1.82) is 0 Å². The molecule has 1 fully saturated rings. The molecule has 3 rings (SSSR count). The number of pyridine rings is 1. The zero-order valence-corrected chi connectivity index (χ0v) is 15.8. The summed E-state index contributed by atoms with van der Waals surface area (Å²) in [6.07, 6.45) is 2.03. The minimum atomic E-state index is -0.353. The van der Waals surface area contributed by atoms with Gasteiger partial charge in [-0.3, -0.25) is 3.97 Å². The summed E-state index contributed by atoms with van der Waals surface area (Å²) in [4.78, 5) is 4.64. The lowest BCUT2D eigenvalue weighted by Gasteiger charge is -2.32. The van der Waals surface area contributed by atoms with Crippen molar-refractivity contribution < 1.29 is 9.31 Å². The Bertz CT molecular complexity index is 686. The normalized spacial score (nSPS) is 20.4. The van der Waals surface area contributed by atoms with Gasteiger partial charge in [0.05, 0.1) is 11.2 Å². The van der Waals surface area contributed by atoms with Crippen LogP contribution in [-0.2, 0) is 9.31 Å². The minimum Gasteiger partial charge on any atom is -0.399 e. The van der Waals surface area contributed by atoms with Crippen LogP contribution < -0.4 is 5.46 Å². The first-order valence-electron chi connectivity index (χ1n) is 6.88. The van der Waals surface area contributed by atoms with Gasteiger partial charge in [-0.25, -0.2) is 4.98 Å². The van der Waals surface area contributed by atoms with E-state index in [1.54, 1.807) is 9.12 Å². The van der Waals surface area contributed by atoms with E-state index in [0.717, 1.165) is 22.2 Å². The largest absolute Gasteiger partial charge is 0.495 e. The third-order valence-corrected chi connectivity index (χ3v) is 6.08. The molecule has 3 heterocycles. The van der Waals surface area contributed by atoms with Gasteiger partial charge in [0.15, 0.2) is 0 Å². The third-order valence-electron chi connectivity index (χ3n) is 4.37. The summed E-state index contributed by atoms with van der Waals surface area (Å²) < 4.78 is 14.4. The Kier molecular flexibility index (Phi) is 3.83. The number of fused-ring (bicyclic) bond motifs is 1. The van der Waals surface area contributed by atoms with E-state index in [0.29, 0.717) is 0 Å². The molecule has 21 heavy (non-hydrogen) atoms. The Morgan fingerprint density at radius 2 is 1.86 bits per heavy atom. The first-order valence-corrected chi connectivity index (χ1v) is 10.2. The molecule has 0 saturated carbocycles. The summed E-state index contributed by atoms with van der Waals surface area (Å²) >= 11 is 2.26. The molecule has 0 unspecified atom stereocenters. The highest BCUT2D eigenvalue weighted by atomic mass is 127. The van der Waals surface area contributed by atoms with E-state index in [9.17, 15) is 0 Å². The number of nitrogens with zero attached hydrogens (tertiary/aromatic N) is 2. The standard InChI is InChI=1S/C14H18BIN2O2S/c1-9-8-11(10-6-7-18(21-16)12(10)17-9)15-19-13(2,3)14(4,5)20-15/h6-8H,1-5H3. The van der Waals surface area contributed by atoms with Gasteiger partial charge in [-0.05, 0) is 52.2 Å². The highest BCUT2D eigenvalue weighted by Gasteiger charge is 2.52. The van der Waals surface area contributed by atoms with E-state index in [-0.39, 0.29) is 18.3 Å². The number of rotatable bonds is 2. The molecule has 0 N–H and O–H groups in total. The average Bonchev–Trinajstić information content (AvgIpc) is 2.87. The molecule has 4 nitrogen and oxygen atoms in total. The lowest BCUT2D eigenvalue weighted by Crippen LogP contribution is -2.41. The predicted molar refractivity (Wildman–Crippen MR) is 97.2 cm³/mol. The molecule has 7 heteroatoms. The van der Waals surface area contributed by atoms with Crippen LogP contribution in [0.1, 0.15) is 33.4 Å². The van der Waals surface area contributed by atoms with E-state index < -0.39 is 0 Å². The number of hydrogen-bond donors (Lipinski definition) is 0. The van der Waals surface area contributed by atoms with E-state index >= 15 is 0 Å². The molecule has 0 aromatic carbocycles. The van der Waals surface area contributed by atoms with Crippen molar-refractivity contribution in [1.82, 2.24) is 8.96 Å². The molecule has 1 saturated heterocycles. The smallest absolute Gasteiger partial charge is 0.399 e. The zero-order chi connectivity index (χ0) is 15.4. The topological polar surface area (TPSA) is 36.3 Å². The van der Waals surface area contributed by atoms with Crippen LogP contribution in [0.4, 0.5) is 0 Å². The molecule has 112 valence electrons. The van der Waals surface area contributed by atoms with Gasteiger partial charge in [-0.2, -0.15) is 0 Å². The van der Waals surface area contributed by atoms with Crippen molar-refractivity contribution in [2.45, 2.75) is 45.8 Å². The maximum Gasteiger partial charge on any atom is 0.495 e. The highest BCUT2D eigenvalue weighted by molar-refractivity contribution is 14.2. The quantitative estimate of drug-likeness (QED) is 0.555. The molecule has 0 amide bonds. The van der Waals surface area contributed by atoms with Gasteiger partial charge in [0.25, 0.3) is 0 Å². The minimum absolute atomic E-state index is 0.332. The van der Waals surface area contributed by atoms with Crippen LogP contribution >= 0.6 is 30.3 Å². The molecule has 1 aliphatic rings. The van der Waals surface area contributed by atoms with E-state index in [4.69, 9.17) is 9.31 Å². The van der Waals surface area contributed by atoms with Crippen molar-refractivity contribution in [3.63, 3.8) is 0 Å². The number of hydrogen-bond acceptors (Lipinski definition) is 4. The first-order chi connectivity index (χ1) is 9.75. The molecule has 1 aliphatic heterocycles. The lowest BCUT2D eigenvalue weighted by molar-refractivity contribution is 0.00578. The van der Waals surface area contributed by atoms with Crippen LogP contribution in [0.2, 0.25) is 0 Å².